The first-order valence-electron chi connectivity index (χ1n) is 10.6. The van der Waals surface area contributed by atoms with Gasteiger partial charge in [0.2, 0.25) is 10.9 Å². The fourth-order valence-corrected chi connectivity index (χ4v) is 3.58. The Bertz CT molecular complexity index is 1050. The van der Waals surface area contributed by atoms with Crippen LogP contribution in [-0.2, 0) is 19.1 Å². The molecule has 0 bridgehead atoms. The summed E-state index contributed by atoms with van der Waals surface area (Å²) >= 11 is 1.02. The smallest absolute Gasteiger partial charge is 0.341 e. The number of aromatic amines is 1. The number of anilines is 3. The van der Waals surface area contributed by atoms with Crippen molar-refractivity contribution < 1.29 is 28.8 Å². The normalized spacial score (nSPS) is 11.0. The molecule has 1 aromatic heterocycles. The molecule has 1 aromatic carbocycles. The standard InChI is InChI=1S/C22H29N5O6S/c1-13-20(27-31)34-21(24-13)26-19(30)16-7-6-15(12-17(16)25-14(2)28)23-9-11-32-10-8-18(29)33-22(3,4)5/h6-7,12,23H,8-11H2,1-5H3,(H,25,28)(H,24,26,30)/p+1. The number of amides is 2. The number of benzene rings is 1. The summed E-state index contributed by atoms with van der Waals surface area (Å²) in [7, 11) is 0. The van der Waals surface area contributed by atoms with Gasteiger partial charge < -0.3 is 20.1 Å². The minimum absolute atomic E-state index is 0.166. The van der Waals surface area contributed by atoms with Gasteiger partial charge in [-0.3, -0.25) is 9.59 Å². The molecule has 0 aliphatic heterocycles. The second-order valence-electron chi connectivity index (χ2n) is 8.35. The van der Waals surface area contributed by atoms with Crippen LogP contribution in [0.15, 0.2) is 23.4 Å². The quantitative estimate of drug-likeness (QED) is 0.246. The lowest BCUT2D eigenvalue weighted by molar-refractivity contribution is -0.363. The van der Waals surface area contributed by atoms with Crippen molar-refractivity contribution in [3.63, 3.8) is 0 Å². The Morgan fingerprint density at radius 2 is 1.88 bits per heavy atom. The number of nitroso groups, excluding NO2 is 1. The Labute approximate surface area is 201 Å². The van der Waals surface area contributed by atoms with Crippen molar-refractivity contribution in [3.05, 3.63) is 34.4 Å². The van der Waals surface area contributed by atoms with Crippen LogP contribution in [0.3, 0.4) is 0 Å². The number of carbonyl (C=O) groups excluding carboxylic acids is 3. The number of thiazole rings is 1. The van der Waals surface area contributed by atoms with E-state index in [1.807, 2.05) is 20.8 Å². The third kappa shape index (κ3) is 8.87. The lowest BCUT2D eigenvalue weighted by Crippen LogP contribution is -2.24. The summed E-state index contributed by atoms with van der Waals surface area (Å²) in [6.45, 7) is 9.48. The lowest BCUT2D eigenvalue weighted by Gasteiger charge is -2.19. The fourth-order valence-electron chi connectivity index (χ4n) is 2.80. The van der Waals surface area contributed by atoms with Gasteiger partial charge in [0.15, 0.2) is 0 Å². The first-order valence-corrected chi connectivity index (χ1v) is 11.4. The van der Waals surface area contributed by atoms with Gasteiger partial charge in [0.1, 0.15) is 11.3 Å². The zero-order chi connectivity index (χ0) is 25.3. The van der Waals surface area contributed by atoms with E-state index in [1.165, 1.54) is 6.92 Å². The monoisotopic (exact) mass is 492 g/mol. The molecule has 1 heterocycles. The SMILES string of the molecule is CC(=O)Nc1cc(NCCOCCC(=O)OC(C)(C)C)ccc1C(=O)Nc1[nH+]c(C)c(N=O)s1. The van der Waals surface area contributed by atoms with Gasteiger partial charge >= 0.3 is 17.0 Å². The molecule has 2 aromatic rings. The van der Waals surface area contributed by atoms with Gasteiger partial charge in [-0.25, -0.2) is 9.78 Å². The summed E-state index contributed by atoms with van der Waals surface area (Å²) in [6, 6.07) is 4.91. The molecule has 0 saturated carbocycles. The maximum absolute atomic E-state index is 12.7. The molecule has 0 aliphatic rings. The Balaban J connectivity index is 1.93. The van der Waals surface area contributed by atoms with Crippen LogP contribution >= 0.6 is 11.3 Å². The number of rotatable bonds is 11. The van der Waals surface area contributed by atoms with Crippen LogP contribution in [0, 0.1) is 11.8 Å². The number of nitrogens with one attached hydrogen (secondary N) is 4. The number of H-pyrrole nitrogens is 1. The number of ether oxygens (including phenoxy) is 2. The number of carbonyl (C=O) groups is 3. The van der Waals surface area contributed by atoms with Crippen LogP contribution in [0.25, 0.3) is 0 Å². The van der Waals surface area contributed by atoms with E-state index < -0.39 is 11.5 Å². The highest BCUT2D eigenvalue weighted by Crippen LogP contribution is 2.28. The molecule has 12 heteroatoms. The van der Waals surface area contributed by atoms with Crippen molar-refractivity contribution >= 4 is 50.6 Å². The van der Waals surface area contributed by atoms with E-state index in [0.29, 0.717) is 35.4 Å². The molecule has 2 amide bonds. The van der Waals surface area contributed by atoms with E-state index in [2.05, 4.69) is 26.1 Å². The second-order valence-corrected chi connectivity index (χ2v) is 9.35. The van der Waals surface area contributed by atoms with Gasteiger partial charge in [-0.2, -0.15) is 5.32 Å². The highest BCUT2D eigenvalue weighted by molar-refractivity contribution is 7.19. The Kier molecular flexibility index (Phi) is 9.63. The van der Waals surface area contributed by atoms with E-state index >= 15 is 0 Å². The lowest BCUT2D eigenvalue weighted by atomic mass is 10.1. The summed E-state index contributed by atoms with van der Waals surface area (Å²) in [5.41, 5.74) is 1.26. The van der Waals surface area contributed by atoms with Gasteiger partial charge in [-0.05, 0) is 55.5 Å². The third-order valence-corrected chi connectivity index (χ3v) is 5.13. The average molecular weight is 493 g/mol. The van der Waals surface area contributed by atoms with Gasteiger partial charge in [0, 0.05) is 26.1 Å². The molecule has 0 atom stereocenters. The number of aryl methyl sites for hydroxylation is 1. The van der Waals surface area contributed by atoms with E-state index in [9.17, 15) is 19.3 Å². The molecule has 11 nitrogen and oxygen atoms in total. The fraction of sp³-hybridized carbons (Fsp3) is 0.455. The summed E-state index contributed by atoms with van der Waals surface area (Å²) in [4.78, 5) is 49.7. The number of hydrogen-bond acceptors (Lipinski definition) is 9. The van der Waals surface area contributed by atoms with Crippen LogP contribution in [0.2, 0.25) is 0 Å². The van der Waals surface area contributed by atoms with Crippen molar-refractivity contribution in [2.75, 3.05) is 35.7 Å². The van der Waals surface area contributed by atoms with E-state index in [-0.39, 0.29) is 35.5 Å². The maximum Gasteiger partial charge on any atom is 0.341 e. The molecule has 0 aliphatic carbocycles. The van der Waals surface area contributed by atoms with Crippen molar-refractivity contribution in [2.45, 2.75) is 46.6 Å². The summed E-state index contributed by atoms with van der Waals surface area (Å²) < 4.78 is 10.7. The minimum Gasteiger partial charge on any atom is -0.460 e. The molecule has 184 valence electrons. The van der Waals surface area contributed by atoms with E-state index in [4.69, 9.17) is 9.47 Å². The van der Waals surface area contributed by atoms with Gasteiger partial charge in [0.25, 0.3) is 0 Å². The molecule has 0 fully saturated rings. The van der Waals surface area contributed by atoms with Crippen LogP contribution in [0.1, 0.15) is 50.2 Å². The van der Waals surface area contributed by atoms with Crippen molar-refractivity contribution in [3.8, 4) is 0 Å². The van der Waals surface area contributed by atoms with E-state index in [0.717, 1.165) is 11.3 Å². The molecule has 0 radical (unpaired) electrons. The minimum atomic E-state index is -0.524. The summed E-state index contributed by atoms with van der Waals surface area (Å²) in [5.74, 6) is -1.11. The number of esters is 1. The van der Waals surface area contributed by atoms with Crippen molar-refractivity contribution in [1.82, 2.24) is 0 Å². The molecule has 0 unspecified atom stereocenters. The average Bonchev–Trinajstić information content (AvgIpc) is 3.07. The molecule has 4 N–H and O–H groups in total. The van der Waals surface area contributed by atoms with Gasteiger partial charge in [0.05, 0.1) is 30.9 Å². The number of nitrogens with zero attached hydrogens (tertiary/aromatic N) is 1. The molecule has 0 spiro atoms. The molecule has 34 heavy (non-hydrogen) atoms. The topological polar surface area (TPSA) is 149 Å². The first kappa shape index (κ1) is 26.9. The van der Waals surface area contributed by atoms with Crippen LogP contribution in [0.5, 0.6) is 0 Å². The molecular formula is C22H30N5O6S+. The summed E-state index contributed by atoms with van der Waals surface area (Å²) in [6.07, 6.45) is 0.166. The molecule has 0 saturated heterocycles. The molecular weight excluding hydrogens is 462 g/mol. The van der Waals surface area contributed by atoms with Crippen molar-refractivity contribution in [2.24, 2.45) is 5.18 Å². The zero-order valence-electron chi connectivity index (χ0n) is 19.9. The zero-order valence-corrected chi connectivity index (χ0v) is 20.7. The van der Waals surface area contributed by atoms with Crippen molar-refractivity contribution in [1.29, 1.82) is 0 Å². The Hall–Kier alpha value is -3.38. The number of hydrogen-bond donors (Lipinski definition) is 3. The van der Waals surface area contributed by atoms with Gasteiger partial charge in [-0.1, -0.05) is 0 Å². The maximum atomic E-state index is 12.7. The molecule has 2 rings (SSSR count). The predicted molar refractivity (Wildman–Crippen MR) is 130 cm³/mol. The highest BCUT2D eigenvalue weighted by Gasteiger charge is 2.22. The van der Waals surface area contributed by atoms with Gasteiger partial charge in [-0.15, -0.1) is 4.91 Å². The predicted octanol–water partition coefficient (Wildman–Crippen LogP) is 3.64. The first-order chi connectivity index (χ1) is 16.0. The van der Waals surface area contributed by atoms with Crippen LogP contribution < -0.4 is 20.9 Å². The number of aromatic nitrogens is 1. The van der Waals surface area contributed by atoms with Crippen LogP contribution in [0.4, 0.5) is 21.5 Å². The third-order valence-electron chi connectivity index (χ3n) is 4.15. The van der Waals surface area contributed by atoms with Crippen LogP contribution in [-0.4, -0.2) is 43.1 Å². The Morgan fingerprint density at radius 3 is 2.50 bits per heavy atom. The van der Waals surface area contributed by atoms with E-state index in [1.54, 1.807) is 25.1 Å². The largest absolute Gasteiger partial charge is 0.460 e. The highest BCUT2D eigenvalue weighted by atomic mass is 32.1. The summed E-state index contributed by atoms with van der Waals surface area (Å²) in [5, 5.41) is 12.0. The Morgan fingerprint density at radius 1 is 1.15 bits per heavy atom. The second kappa shape index (κ2) is 12.2.